The number of carbonyl (C=O) groups excluding carboxylic acids is 1. The molecule has 3 aromatic rings. The third-order valence-corrected chi connectivity index (χ3v) is 7.19. The summed E-state index contributed by atoms with van der Waals surface area (Å²) in [5.41, 5.74) is 3.77. The van der Waals surface area contributed by atoms with E-state index in [2.05, 4.69) is 35.3 Å². The van der Waals surface area contributed by atoms with E-state index in [0.717, 1.165) is 22.2 Å². The van der Waals surface area contributed by atoms with Crippen molar-refractivity contribution in [2.24, 2.45) is 0 Å². The Labute approximate surface area is 201 Å². The van der Waals surface area contributed by atoms with Gasteiger partial charge in [-0.3, -0.25) is 9.88 Å². The highest BCUT2D eigenvalue weighted by molar-refractivity contribution is 7.69. The second-order valence-corrected chi connectivity index (χ2v) is 13.7. The van der Waals surface area contributed by atoms with Crippen LogP contribution in [0.4, 0.5) is 10.6 Å². The van der Waals surface area contributed by atoms with Gasteiger partial charge in [-0.25, -0.2) is 9.31 Å². The van der Waals surface area contributed by atoms with Crippen LogP contribution in [-0.4, -0.2) is 58.8 Å². The van der Waals surface area contributed by atoms with E-state index < -0.39 is 18.8 Å². The summed E-state index contributed by atoms with van der Waals surface area (Å²) in [6.45, 7) is 14.6. The van der Waals surface area contributed by atoms with Crippen LogP contribution in [0.3, 0.4) is 0 Å². The Hall–Kier alpha value is -2.70. The molecule has 1 N–H and O–H groups in total. The molecule has 1 aliphatic heterocycles. The minimum atomic E-state index is -2.53. The first-order valence-corrected chi connectivity index (χ1v) is 14.2. The lowest BCUT2D eigenvalue weighted by Gasteiger charge is -2.38. The summed E-state index contributed by atoms with van der Waals surface area (Å²) in [4.78, 5) is 19.4. The second kappa shape index (κ2) is 8.82. The molecular weight excluding hydrogens is 449 g/mol. The highest BCUT2D eigenvalue weighted by Gasteiger charge is 2.35. The monoisotopic (exact) mass is 483 g/mol. The molecule has 0 atom stereocenters. The Morgan fingerprint density at radius 2 is 1.91 bits per heavy atom. The van der Waals surface area contributed by atoms with Gasteiger partial charge in [-0.15, -0.1) is 0 Å². The fourth-order valence-electron chi connectivity index (χ4n) is 3.96. The van der Waals surface area contributed by atoms with Gasteiger partial charge in [0, 0.05) is 24.8 Å². The molecule has 4 rings (SSSR count). The first-order valence-electron chi connectivity index (χ1n) is 11.6. The summed E-state index contributed by atoms with van der Waals surface area (Å²) in [5.74, 6) is 0.898. The zero-order valence-corrected chi connectivity index (χ0v) is 21.9. The molecule has 1 amide bonds. The van der Waals surface area contributed by atoms with Gasteiger partial charge in [-0.2, -0.15) is 5.10 Å². The van der Waals surface area contributed by atoms with E-state index in [9.17, 15) is 9.36 Å². The van der Waals surface area contributed by atoms with Crippen LogP contribution in [0.2, 0.25) is 0 Å². The van der Waals surface area contributed by atoms with Crippen molar-refractivity contribution in [3.05, 3.63) is 42.2 Å². The van der Waals surface area contributed by atoms with Gasteiger partial charge in [0.15, 0.2) is 0 Å². The fraction of sp³-hybridized carbons (Fsp3) is 0.480. The lowest BCUT2D eigenvalue weighted by atomic mass is 10.0. The number of fused-ring (bicyclic) bond motifs is 1. The first kappa shape index (κ1) is 24.4. The lowest BCUT2D eigenvalue weighted by molar-refractivity contribution is 0.0552. The van der Waals surface area contributed by atoms with Crippen LogP contribution in [0, 0.1) is 0 Å². The molecule has 0 aliphatic carbocycles. The molecule has 1 saturated heterocycles. The van der Waals surface area contributed by atoms with Crippen LogP contribution in [0.1, 0.15) is 46.1 Å². The number of rotatable bonds is 5. The molecule has 0 radical (unpaired) electrons. The van der Waals surface area contributed by atoms with E-state index >= 15 is 0 Å². The molecule has 0 bridgehead atoms. The third-order valence-electron chi connectivity index (χ3n) is 5.84. The number of carbonyl (C=O) groups is 1. The molecule has 1 aliphatic rings. The topological polar surface area (TPSA) is 88.8 Å². The smallest absolute Gasteiger partial charge is 0.416 e. The Morgan fingerprint density at radius 3 is 2.47 bits per heavy atom. The lowest BCUT2D eigenvalue weighted by Crippen LogP contribution is -2.60. The summed E-state index contributed by atoms with van der Waals surface area (Å²) in [6, 6.07) is 7.78. The molecule has 0 unspecified atom stereocenters. The van der Waals surface area contributed by atoms with E-state index in [-0.39, 0.29) is 12.0 Å². The molecule has 1 fully saturated rings. The number of ether oxygens (including phenoxy) is 1. The van der Waals surface area contributed by atoms with Crippen LogP contribution in [0.25, 0.3) is 16.6 Å². The Morgan fingerprint density at radius 1 is 1.21 bits per heavy atom. The van der Waals surface area contributed by atoms with Gasteiger partial charge < -0.3 is 14.6 Å². The number of hydrogen-bond donors (Lipinski definition) is 1. The molecule has 3 aromatic heterocycles. The number of nitrogens with zero attached hydrogens (tertiary/aromatic N) is 4. The van der Waals surface area contributed by atoms with Crippen molar-refractivity contribution in [3.63, 3.8) is 0 Å². The van der Waals surface area contributed by atoms with Crippen molar-refractivity contribution >= 4 is 30.0 Å². The van der Waals surface area contributed by atoms with Crippen molar-refractivity contribution in [1.82, 2.24) is 19.9 Å². The maximum Gasteiger partial charge on any atom is 0.416 e. The Balaban J connectivity index is 1.94. The Kier molecular flexibility index (Phi) is 6.34. The quantitative estimate of drug-likeness (QED) is 0.539. The minimum absolute atomic E-state index is 0.0421. The minimum Gasteiger partial charge on any atom is -0.443 e. The first-order chi connectivity index (χ1) is 15.8. The standard InChI is InChI=1S/C25H34N5O3P/c1-16(2)20-15-28-30-21(20)10-18(17-8-9-27-22(11-17)34(6,7)32)12-23(30)29(19-13-26-14-19)24(31)33-25(3,4)5/h8-12,15-16,19,26H,13-14H2,1-7H3. The molecule has 4 heterocycles. The number of amides is 1. The van der Waals surface area contributed by atoms with E-state index in [1.807, 2.05) is 49.7 Å². The number of nitrogens with one attached hydrogen (secondary N) is 1. The summed E-state index contributed by atoms with van der Waals surface area (Å²) < 4.78 is 20.3. The van der Waals surface area contributed by atoms with Crippen LogP contribution in [0.15, 0.2) is 36.7 Å². The number of anilines is 1. The summed E-state index contributed by atoms with van der Waals surface area (Å²) in [6.07, 6.45) is 3.15. The zero-order valence-electron chi connectivity index (χ0n) is 21.0. The molecule has 182 valence electrons. The van der Waals surface area contributed by atoms with Gasteiger partial charge in [0.1, 0.15) is 18.6 Å². The molecule has 0 spiro atoms. The van der Waals surface area contributed by atoms with Crippen LogP contribution in [-0.2, 0) is 9.30 Å². The average molecular weight is 484 g/mol. The molecule has 34 heavy (non-hydrogen) atoms. The van der Waals surface area contributed by atoms with E-state index in [4.69, 9.17) is 4.74 Å². The van der Waals surface area contributed by atoms with Crippen molar-refractivity contribution < 1.29 is 14.1 Å². The zero-order chi connectivity index (χ0) is 24.8. The number of hydrogen-bond acceptors (Lipinski definition) is 6. The summed E-state index contributed by atoms with van der Waals surface area (Å²) >= 11 is 0. The van der Waals surface area contributed by atoms with Crippen LogP contribution >= 0.6 is 7.14 Å². The van der Waals surface area contributed by atoms with Gasteiger partial charge in [0.2, 0.25) is 0 Å². The van der Waals surface area contributed by atoms with Gasteiger partial charge in [-0.05, 0) is 75.4 Å². The fourth-order valence-corrected chi connectivity index (χ4v) is 4.75. The molecule has 8 nitrogen and oxygen atoms in total. The van der Waals surface area contributed by atoms with Crippen LogP contribution in [0.5, 0.6) is 0 Å². The van der Waals surface area contributed by atoms with Gasteiger partial charge in [-0.1, -0.05) is 13.8 Å². The number of pyridine rings is 2. The average Bonchev–Trinajstić information content (AvgIpc) is 3.12. The third kappa shape index (κ3) is 4.89. The van der Waals surface area contributed by atoms with Crippen molar-refractivity contribution in [3.8, 4) is 11.1 Å². The molecular formula is C25H34N5O3P. The predicted molar refractivity (Wildman–Crippen MR) is 137 cm³/mol. The van der Waals surface area contributed by atoms with Gasteiger partial charge >= 0.3 is 6.09 Å². The normalized spacial score (nSPS) is 14.9. The SMILES string of the molecule is CC(C)c1cnn2c(N(C(=O)OC(C)(C)C)C3CNC3)cc(-c3ccnc(P(C)(C)=O)c3)cc12. The van der Waals surface area contributed by atoms with E-state index in [1.165, 1.54) is 0 Å². The Bertz CT molecular complexity index is 1270. The van der Waals surface area contributed by atoms with Gasteiger partial charge in [0.25, 0.3) is 0 Å². The number of aromatic nitrogens is 3. The summed E-state index contributed by atoms with van der Waals surface area (Å²) in [7, 11) is -2.53. The highest BCUT2D eigenvalue weighted by Crippen LogP contribution is 2.36. The summed E-state index contributed by atoms with van der Waals surface area (Å²) in [5, 5.41) is 7.91. The maximum absolute atomic E-state index is 13.4. The predicted octanol–water partition coefficient (Wildman–Crippen LogP) is 4.48. The van der Waals surface area contributed by atoms with Crippen molar-refractivity contribution in [1.29, 1.82) is 0 Å². The molecule has 9 heteroatoms. The van der Waals surface area contributed by atoms with Crippen molar-refractivity contribution in [2.45, 2.75) is 52.2 Å². The highest BCUT2D eigenvalue weighted by atomic mass is 31.2. The maximum atomic E-state index is 13.4. The van der Waals surface area contributed by atoms with E-state index in [0.29, 0.717) is 24.3 Å². The van der Waals surface area contributed by atoms with Crippen LogP contribution < -0.4 is 15.7 Å². The van der Waals surface area contributed by atoms with Crippen molar-refractivity contribution in [2.75, 3.05) is 31.3 Å². The second-order valence-electron chi connectivity index (χ2n) is 10.6. The van der Waals surface area contributed by atoms with Gasteiger partial charge in [0.05, 0.1) is 23.2 Å². The molecule has 0 saturated carbocycles. The van der Waals surface area contributed by atoms with E-state index in [1.54, 1.807) is 24.4 Å². The molecule has 0 aromatic carbocycles. The largest absolute Gasteiger partial charge is 0.443 e.